The monoisotopic (exact) mass is 864 g/mol. The van der Waals surface area contributed by atoms with Crippen LogP contribution in [-0.4, -0.2) is 139 Å². The van der Waals surface area contributed by atoms with Crippen molar-refractivity contribution < 1.29 is 32.6 Å². The number of methoxy groups -OCH3 is 2. The summed E-state index contributed by atoms with van der Waals surface area (Å²) >= 11 is 0. The number of amides is 3. The minimum Gasteiger partial charge on any atom is -0.496 e. The van der Waals surface area contributed by atoms with E-state index in [2.05, 4.69) is 30.7 Å². The van der Waals surface area contributed by atoms with Crippen molar-refractivity contribution in [1.82, 2.24) is 29.6 Å². The Morgan fingerprint density at radius 1 is 0.825 bits per heavy atom. The van der Waals surface area contributed by atoms with Gasteiger partial charge >= 0.3 is 0 Å². The van der Waals surface area contributed by atoms with Gasteiger partial charge in [0.25, 0.3) is 23.3 Å². The second-order valence-corrected chi connectivity index (χ2v) is 18.7. The molecule has 14 nitrogen and oxygen atoms in total. The average Bonchev–Trinajstić information content (AvgIpc) is 3.59. The molecule has 5 saturated heterocycles. The van der Waals surface area contributed by atoms with Gasteiger partial charge in [-0.05, 0) is 106 Å². The Morgan fingerprint density at radius 2 is 1.54 bits per heavy atom. The molecule has 8 heterocycles. The predicted molar refractivity (Wildman–Crippen MR) is 233 cm³/mol. The van der Waals surface area contributed by atoms with Crippen molar-refractivity contribution >= 4 is 40.0 Å². The largest absolute Gasteiger partial charge is 0.496 e. The average molecular weight is 865 g/mol. The third kappa shape index (κ3) is 7.58. The lowest BCUT2D eigenvalue weighted by atomic mass is 9.71. The molecule has 0 bridgehead atoms. The predicted octanol–water partition coefficient (Wildman–Crippen LogP) is 4.98. The Balaban J connectivity index is 0.721. The van der Waals surface area contributed by atoms with Crippen LogP contribution >= 0.6 is 0 Å². The molecule has 3 amide bonds. The number of halogens is 2. The van der Waals surface area contributed by atoms with E-state index in [-0.39, 0.29) is 29.7 Å². The van der Waals surface area contributed by atoms with E-state index in [0.29, 0.717) is 64.5 Å². The normalized spacial score (nSPS) is 22.7. The molecule has 4 aromatic rings. The van der Waals surface area contributed by atoms with E-state index in [9.17, 15) is 28.0 Å². The Kier molecular flexibility index (Phi) is 10.4. The lowest BCUT2D eigenvalue weighted by Gasteiger charge is -2.55. The molecular formula is C47H54F2N8O6. The van der Waals surface area contributed by atoms with Crippen molar-refractivity contribution in [3.8, 4) is 22.6 Å². The van der Waals surface area contributed by atoms with Gasteiger partial charge in [0.2, 0.25) is 5.91 Å². The first-order valence-electron chi connectivity index (χ1n) is 22.1. The van der Waals surface area contributed by atoms with Crippen LogP contribution in [0.25, 0.3) is 21.9 Å². The fourth-order valence-corrected chi connectivity index (χ4v) is 10.9. The topological polar surface area (TPSA) is 135 Å². The third-order valence-corrected chi connectivity index (χ3v) is 14.7. The van der Waals surface area contributed by atoms with Gasteiger partial charge in [-0.15, -0.1) is 0 Å². The summed E-state index contributed by atoms with van der Waals surface area (Å²) in [6.07, 6.45) is 8.28. The minimum atomic E-state index is -2.75. The number of imide groups is 1. The first-order valence-corrected chi connectivity index (χ1v) is 22.1. The molecule has 2 aromatic heterocycles. The second-order valence-electron chi connectivity index (χ2n) is 18.7. The van der Waals surface area contributed by atoms with Crippen molar-refractivity contribution in [2.75, 3.05) is 90.0 Å². The van der Waals surface area contributed by atoms with E-state index in [1.54, 1.807) is 31.4 Å². The first-order chi connectivity index (χ1) is 30.3. The molecule has 1 spiro atoms. The number of ether oxygens (including phenoxy) is 2. The maximum Gasteiger partial charge on any atom is 0.282 e. The number of carbonyl (C=O) groups excluding carboxylic acids is 3. The Labute approximate surface area is 364 Å². The number of alkyl halides is 2. The van der Waals surface area contributed by atoms with Crippen LogP contribution < -0.4 is 24.8 Å². The molecule has 63 heavy (non-hydrogen) atoms. The number of anilines is 2. The number of piperidine rings is 3. The van der Waals surface area contributed by atoms with Crippen LogP contribution in [0.2, 0.25) is 0 Å². The number of aromatic amines is 1. The summed E-state index contributed by atoms with van der Waals surface area (Å²) in [5, 5.41) is 0.986. The van der Waals surface area contributed by atoms with Crippen LogP contribution in [0.4, 0.5) is 20.3 Å². The number of nitrogens with zero attached hydrogens (tertiary/aromatic N) is 7. The molecule has 332 valence electrons. The van der Waals surface area contributed by atoms with Crippen LogP contribution in [0.15, 0.2) is 53.6 Å². The van der Waals surface area contributed by atoms with Crippen LogP contribution in [0, 0.1) is 11.3 Å². The number of likely N-dealkylation sites (tertiary alicyclic amines) is 3. The van der Waals surface area contributed by atoms with E-state index in [0.717, 1.165) is 104 Å². The van der Waals surface area contributed by atoms with Gasteiger partial charge in [0.05, 0.1) is 38.3 Å². The number of aromatic nitrogens is 2. The molecule has 10 rings (SSSR count). The molecule has 2 aromatic carbocycles. The van der Waals surface area contributed by atoms with E-state index < -0.39 is 25.1 Å². The van der Waals surface area contributed by atoms with Crippen LogP contribution in [0.5, 0.6) is 11.5 Å². The summed E-state index contributed by atoms with van der Waals surface area (Å²) < 4.78 is 39.3. The number of nitrogens with one attached hydrogen (secondary N) is 1. The van der Waals surface area contributed by atoms with E-state index in [4.69, 9.17) is 9.47 Å². The molecule has 1 atom stereocenters. The highest BCUT2D eigenvalue weighted by Crippen LogP contribution is 2.45. The number of likely N-dealkylation sites (N-methyl/N-ethyl adjacent to an activating group) is 1. The van der Waals surface area contributed by atoms with Gasteiger partial charge in [-0.25, -0.2) is 13.8 Å². The standard InChI is InChI=1S/C47H54F2N8O6/c1-52-42(58)7-6-38(45(52)61)57-23-30-4-5-32(18-33(30)44(57)60)55-25-46(26-55)10-14-54(15-11-46)22-29-8-12-53(13-9-29)24-37-39(62-2)16-31(17-40(37)63-3)35-20-51-43(59)36-21-50-41(19-34(35)36)56-27-47(48,49)28-56/h4-5,16-21,29,38H,6-15,22-28H2,1-3H3,(H,51,59). The van der Waals surface area contributed by atoms with E-state index in [1.807, 2.05) is 24.3 Å². The number of rotatable bonds is 10. The summed E-state index contributed by atoms with van der Waals surface area (Å²) in [6, 6.07) is 11.2. The molecular weight excluding hydrogens is 811 g/mol. The van der Waals surface area contributed by atoms with E-state index in [1.165, 1.54) is 18.1 Å². The number of hydrogen-bond donors (Lipinski definition) is 1. The molecule has 16 heteroatoms. The van der Waals surface area contributed by atoms with E-state index >= 15 is 0 Å². The summed E-state index contributed by atoms with van der Waals surface area (Å²) in [7, 11) is 4.79. The summed E-state index contributed by atoms with van der Waals surface area (Å²) in [5.41, 5.74) is 5.11. The Hall–Kier alpha value is -5.61. The van der Waals surface area contributed by atoms with Gasteiger partial charge in [0.15, 0.2) is 0 Å². The molecule has 0 radical (unpaired) electrons. The Bertz CT molecular complexity index is 2510. The molecule has 1 N–H and O–H groups in total. The zero-order valence-corrected chi connectivity index (χ0v) is 36.1. The highest BCUT2D eigenvalue weighted by Gasteiger charge is 2.47. The lowest BCUT2D eigenvalue weighted by molar-refractivity contribution is -0.150. The molecule has 5 fully saturated rings. The first kappa shape index (κ1) is 41.4. The zero-order chi connectivity index (χ0) is 43.8. The summed E-state index contributed by atoms with van der Waals surface area (Å²) in [6.45, 7) is 7.46. The van der Waals surface area contributed by atoms with Crippen molar-refractivity contribution in [3.05, 3.63) is 75.8 Å². The maximum atomic E-state index is 13.7. The summed E-state index contributed by atoms with van der Waals surface area (Å²) in [5.74, 6) is -0.972. The van der Waals surface area contributed by atoms with Gasteiger partial charge in [-0.3, -0.25) is 29.0 Å². The number of benzene rings is 2. The molecule has 0 aliphatic carbocycles. The fraction of sp³-hybridized carbons (Fsp3) is 0.511. The molecule has 6 aliphatic rings. The third-order valence-electron chi connectivity index (χ3n) is 14.7. The van der Waals surface area contributed by atoms with Crippen LogP contribution in [0.3, 0.4) is 0 Å². The van der Waals surface area contributed by atoms with Gasteiger partial charge in [0, 0.05) is 86.2 Å². The smallest absolute Gasteiger partial charge is 0.282 e. The molecule has 6 aliphatic heterocycles. The van der Waals surface area contributed by atoms with Crippen molar-refractivity contribution in [1.29, 1.82) is 0 Å². The quantitative estimate of drug-likeness (QED) is 0.217. The maximum absolute atomic E-state index is 13.7. The Morgan fingerprint density at radius 3 is 2.22 bits per heavy atom. The highest BCUT2D eigenvalue weighted by molar-refractivity contribution is 6.05. The number of hydrogen-bond acceptors (Lipinski definition) is 11. The summed E-state index contributed by atoms with van der Waals surface area (Å²) in [4.78, 5) is 70.1. The van der Waals surface area contributed by atoms with Gasteiger partial charge in [-0.2, -0.15) is 0 Å². The van der Waals surface area contributed by atoms with Crippen LogP contribution in [0.1, 0.15) is 60.0 Å². The zero-order valence-electron chi connectivity index (χ0n) is 36.1. The molecule has 1 unspecified atom stereocenters. The second kappa shape index (κ2) is 15.9. The van der Waals surface area contributed by atoms with Crippen molar-refractivity contribution in [3.63, 3.8) is 0 Å². The number of carbonyl (C=O) groups is 3. The minimum absolute atomic E-state index is 0.120. The highest BCUT2D eigenvalue weighted by atomic mass is 19.3. The number of H-pyrrole nitrogens is 1. The van der Waals surface area contributed by atoms with Crippen molar-refractivity contribution in [2.24, 2.45) is 11.3 Å². The SMILES string of the molecule is COc1cc(-c2c[nH]c(=O)c3cnc(N4CC(F)(F)C4)cc23)cc(OC)c1CN1CCC(CN2CCC3(CC2)CN(c2ccc4c(c2)C(=O)N(C2CCC(=O)N(C)C2=O)C4)C3)CC1. The van der Waals surface area contributed by atoms with Crippen molar-refractivity contribution in [2.45, 2.75) is 63.6 Å². The number of fused-ring (bicyclic) bond motifs is 2. The number of pyridine rings is 2. The van der Waals surface area contributed by atoms with Gasteiger partial charge in [-0.1, -0.05) is 6.07 Å². The van der Waals surface area contributed by atoms with Gasteiger partial charge < -0.3 is 34.1 Å². The fourth-order valence-electron chi connectivity index (χ4n) is 10.9. The lowest BCUT2D eigenvalue weighted by Crippen LogP contribution is -2.60. The molecule has 0 saturated carbocycles. The van der Waals surface area contributed by atoms with Gasteiger partial charge in [0.1, 0.15) is 23.4 Å². The van der Waals surface area contributed by atoms with Crippen LogP contribution in [-0.2, 0) is 22.7 Å².